The van der Waals surface area contributed by atoms with Crippen molar-refractivity contribution < 1.29 is 14.3 Å². The van der Waals surface area contributed by atoms with Crippen LogP contribution in [0.1, 0.15) is 25.7 Å². The molecule has 20 heavy (non-hydrogen) atoms. The third-order valence-electron chi connectivity index (χ3n) is 4.75. The molecular weight excluding hydrogens is 280 g/mol. The normalized spacial score (nSPS) is 29.2. The van der Waals surface area contributed by atoms with E-state index in [1.54, 1.807) is 0 Å². The molecule has 3 saturated heterocycles. The zero-order chi connectivity index (χ0) is 13.1. The van der Waals surface area contributed by atoms with Gasteiger partial charge in [-0.3, -0.25) is 4.79 Å². The molecule has 0 aromatic heterocycles. The van der Waals surface area contributed by atoms with Gasteiger partial charge in [-0.25, -0.2) is 0 Å². The van der Waals surface area contributed by atoms with Crippen LogP contribution in [0, 0.1) is 5.41 Å². The number of hydrogen-bond donors (Lipinski definition) is 1. The van der Waals surface area contributed by atoms with Crippen molar-refractivity contribution in [1.82, 2.24) is 10.2 Å². The van der Waals surface area contributed by atoms with Gasteiger partial charge in [0.25, 0.3) is 0 Å². The summed E-state index contributed by atoms with van der Waals surface area (Å²) >= 11 is 0. The summed E-state index contributed by atoms with van der Waals surface area (Å²) in [6.07, 6.45) is 3.95. The first-order chi connectivity index (χ1) is 9.27. The predicted octanol–water partition coefficient (Wildman–Crippen LogP) is 0.816. The zero-order valence-electron chi connectivity index (χ0n) is 11.9. The summed E-state index contributed by atoms with van der Waals surface area (Å²) in [5, 5.41) is 3.28. The third kappa shape index (κ3) is 3.64. The first-order valence-corrected chi connectivity index (χ1v) is 7.45. The number of carbonyl (C=O) groups excluding carboxylic acids is 1. The average molecular weight is 305 g/mol. The van der Waals surface area contributed by atoms with Crippen LogP contribution in [-0.4, -0.2) is 62.9 Å². The lowest BCUT2D eigenvalue weighted by molar-refractivity contribution is -0.134. The molecule has 0 aromatic rings. The van der Waals surface area contributed by atoms with Crippen LogP contribution in [0.5, 0.6) is 0 Å². The molecule has 6 heteroatoms. The van der Waals surface area contributed by atoms with Crippen molar-refractivity contribution in [3.8, 4) is 0 Å². The number of amides is 1. The van der Waals surface area contributed by atoms with Crippen molar-refractivity contribution in [2.45, 2.75) is 31.8 Å². The van der Waals surface area contributed by atoms with E-state index in [9.17, 15) is 4.79 Å². The number of likely N-dealkylation sites (tertiary alicyclic amines) is 1. The molecule has 3 aliphatic rings. The summed E-state index contributed by atoms with van der Waals surface area (Å²) in [6.45, 7) is 5.99. The summed E-state index contributed by atoms with van der Waals surface area (Å²) in [6, 6.07) is 0. The van der Waals surface area contributed by atoms with Crippen LogP contribution in [0.15, 0.2) is 0 Å². The first-order valence-electron chi connectivity index (χ1n) is 7.45. The SMILES string of the molecule is Cl.O=C(CC1CNCCO1)N1CCC2(CCOCC2)C1. The van der Waals surface area contributed by atoms with E-state index < -0.39 is 0 Å². The van der Waals surface area contributed by atoms with Gasteiger partial charge in [-0.1, -0.05) is 0 Å². The molecule has 0 aromatic carbocycles. The van der Waals surface area contributed by atoms with E-state index in [-0.39, 0.29) is 24.4 Å². The van der Waals surface area contributed by atoms with Gasteiger partial charge < -0.3 is 19.7 Å². The summed E-state index contributed by atoms with van der Waals surface area (Å²) in [7, 11) is 0. The van der Waals surface area contributed by atoms with Gasteiger partial charge in [0.15, 0.2) is 0 Å². The summed E-state index contributed by atoms with van der Waals surface area (Å²) in [4.78, 5) is 14.4. The standard InChI is InChI=1S/C14H24N2O3.ClH/c17-13(9-12-10-15-4-8-19-12)16-5-1-14(11-16)2-6-18-7-3-14;/h12,15H,1-11H2;1H. The Balaban J connectivity index is 0.00000147. The van der Waals surface area contributed by atoms with Crippen molar-refractivity contribution >= 4 is 18.3 Å². The Morgan fingerprint density at radius 2 is 2.05 bits per heavy atom. The van der Waals surface area contributed by atoms with Gasteiger partial charge in [0.1, 0.15) is 0 Å². The third-order valence-corrected chi connectivity index (χ3v) is 4.75. The molecule has 116 valence electrons. The summed E-state index contributed by atoms with van der Waals surface area (Å²) < 4.78 is 11.1. The first kappa shape index (κ1) is 16.0. The maximum atomic E-state index is 12.3. The smallest absolute Gasteiger partial charge is 0.225 e. The molecule has 5 nitrogen and oxygen atoms in total. The quantitative estimate of drug-likeness (QED) is 0.820. The van der Waals surface area contributed by atoms with Crippen LogP contribution in [0.3, 0.4) is 0 Å². The van der Waals surface area contributed by atoms with Gasteiger partial charge >= 0.3 is 0 Å². The van der Waals surface area contributed by atoms with Crippen LogP contribution >= 0.6 is 12.4 Å². The summed E-state index contributed by atoms with van der Waals surface area (Å²) in [5.74, 6) is 0.261. The van der Waals surface area contributed by atoms with Crippen LogP contribution in [0.25, 0.3) is 0 Å². The maximum Gasteiger partial charge on any atom is 0.225 e. The molecule has 0 saturated carbocycles. The number of nitrogens with one attached hydrogen (secondary N) is 1. The lowest BCUT2D eigenvalue weighted by atomic mass is 9.80. The van der Waals surface area contributed by atoms with Crippen molar-refractivity contribution in [1.29, 1.82) is 0 Å². The molecule has 0 bridgehead atoms. The zero-order valence-corrected chi connectivity index (χ0v) is 12.8. The van der Waals surface area contributed by atoms with E-state index in [0.29, 0.717) is 11.8 Å². The molecular formula is C14H25ClN2O3. The molecule has 1 N–H and O–H groups in total. The Hall–Kier alpha value is -0.360. The number of carbonyl (C=O) groups is 1. The van der Waals surface area contributed by atoms with Gasteiger partial charge in [-0.15, -0.1) is 12.4 Å². The minimum atomic E-state index is 0. The number of nitrogens with zero attached hydrogens (tertiary/aromatic N) is 1. The van der Waals surface area contributed by atoms with E-state index in [1.807, 2.05) is 4.90 Å². The average Bonchev–Trinajstić information content (AvgIpc) is 2.85. The predicted molar refractivity (Wildman–Crippen MR) is 78.2 cm³/mol. The van der Waals surface area contributed by atoms with Crippen LogP contribution in [0.4, 0.5) is 0 Å². The maximum absolute atomic E-state index is 12.3. The van der Waals surface area contributed by atoms with E-state index >= 15 is 0 Å². The topological polar surface area (TPSA) is 50.8 Å². The Morgan fingerprint density at radius 1 is 1.25 bits per heavy atom. The van der Waals surface area contributed by atoms with E-state index in [1.165, 1.54) is 0 Å². The van der Waals surface area contributed by atoms with Gasteiger partial charge in [-0.2, -0.15) is 0 Å². The number of rotatable bonds is 2. The van der Waals surface area contributed by atoms with E-state index in [0.717, 1.165) is 65.3 Å². The Morgan fingerprint density at radius 3 is 2.75 bits per heavy atom. The number of morpholine rings is 1. The van der Waals surface area contributed by atoms with Crippen LogP contribution in [-0.2, 0) is 14.3 Å². The molecule has 1 unspecified atom stereocenters. The lowest BCUT2D eigenvalue weighted by Crippen LogP contribution is -2.42. The Kier molecular flexibility index (Phi) is 5.66. The highest BCUT2D eigenvalue weighted by atomic mass is 35.5. The minimum absolute atomic E-state index is 0. The molecule has 3 aliphatic heterocycles. The molecule has 3 fully saturated rings. The monoisotopic (exact) mass is 304 g/mol. The molecule has 3 heterocycles. The molecule has 0 aliphatic carbocycles. The number of halogens is 1. The van der Waals surface area contributed by atoms with Crippen molar-refractivity contribution in [3.05, 3.63) is 0 Å². The Bertz CT molecular complexity index is 328. The summed E-state index contributed by atoms with van der Waals surface area (Å²) in [5.41, 5.74) is 0.347. The van der Waals surface area contributed by atoms with Gasteiger partial charge in [-0.05, 0) is 24.7 Å². The van der Waals surface area contributed by atoms with Gasteiger partial charge in [0, 0.05) is 39.4 Å². The molecule has 3 rings (SSSR count). The minimum Gasteiger partial charge on any atom is -0.381 e. The molecule has 0 radical (unpaired) electrons. The van der Waals surface area contributed by atoms with Crippen LogP contribution < -0.4 is 5.32 Å². The second-order valence-corrected chi connectivity index (χ2v) is 6.08. The second-order valence-electron chi connectivity index (χ2n) is 6.08. The van der Waals surface area contributed by atoms with Gasteiger partial charge in [0.2, 0.25) is 5.91 Å². The van der Waals surface area contributed by atoms with Crippen molar-refractivity contribution in [2.75, 3.05) is 46.0 Å². The number of ether oxygens (including phenoxy) is 2. The fourth-order valence-corrected chi connectivity index (χ4v) is 3.44. The highest BCUT2D eigenvalue weighted by Crippen LogP contribution is 2.39. The fourth-order valence-electron chi connectivity index (χ4n) is 3.44. The van der Waals surface area contributed by atoms with Crippen molar-refractivity contribution in [3.63, 3.8) is 0 Å². The van der Waals surface area contributed by atoms with Crippen LogP contribution in [0.2, 0.25) is 0 Å². The van der Waals surface area contributed by atoms with E-state index in [2.05, 4.69) is 5.32 Å². The number of hydrogen-bond acceptors (Lipinski definition) is 4. The second kappa shape index (κ2) is 7.07. The van der Waals surface area contributed by atoms with Crippen molar-refractivity contribution in [2.24, 2.45) is 5.41 Å². The molecule has 1 atom stereocenters. The Labute approximate surface area is 126 Å². The molecule has 1 spiro atoms. The van der Waals surface area contributed by atoms with Gasteiger partial charge in [0.05, 0.1) is 19.1 Å². The van der Waals surface area contributed by atoms with E-state index in [4.69, 9.17) is 9.47 Å². The highest BCUT2D eigenvalue weighted by molar-refractivity contribution is 5.85. The highest BCUT2D eigenvalue weighted by Gasteiger charge is 2.41. The lowest BCUT2D eigenvalue weighted by Gasteiger charge is -2.33. The largest absolute Gasteiger partial charge is 0.381 e. The molecule has 1 amide bonds. The fraction of sp³-hybridized carbons (Fsp3) is 0.929.